The van der Waals surface area contributed by atoms with Gasteiger partial charge in [-0.15, -0.1) is 0 Å². The average molecular weight is 1600 g/mol. The van der Waals surface area contributed by atoms with Gasteiger partial charge in [0.25, 0.3) is 30.1 Å². The highest BCUT2D eigenvalue weighted by Gasteiger charge is 2.34. The zero-order chi connectivity index (χ0) is 78.3. The molecule has 111 heavy (non-hydrogen) atoms. The quantitative estimate of drug-likeness (QED) is 0.0272. The SMILES string of the molecule is C.C.C.COc1ccc(-c2nc(NC(C)(C)C3CCCCC3)[nH]c2C)cc1S(=O)(=O)Nc1c(C)cccc1F.COc1ccc(-c2nc(NC(C)(C)c3ccccc3)[nH]c2C)cc1S(=O)(=O)Nc1c(F)cccc1Cl.COc1ccc(-c2nc(NC(C)(C)c3cccnc3)[nH]c2C)cc1S(=O)(=O)Nc1c(C)cccc1F. The van der Waals surface area contributed by atoms with E-state index in [9.17, 15) is 38.4 Å². The van der Waals surface area contributed by atoms with E-state index in [4.69, 9.17) is 30.8 Å². The highest BCUT2D eigenvalue weighted by atomic mass is 35.5. The zero-order valence-electron chi connectivity index (χ0n) is 62.4. The van der Waals surface area contributed by atoms with Crippen molar-refractivity contribution in [3.05, 3.63) is 226 Å². The lowest BCUT2D eigenvalue weighted by molar-refractivity contribution is 0.257. The first-order chi connectivity index (χ1) is 51.0. The van der Waals surface area contributed by atoms with Crippen molar-refractivity contribution >= 4 is 76.6 Å². The summed E-state index contributed by atoms with van der Waals surface area (Å²) >= 11 is 6.03. The maximum Gasteiger partial charge on any atom is 0.265 e. The lowest BCUT2D eigenvalue weighted by atomic mass is 9.77. The van der Waals surface area contributed by atoms with E-state index in [0.29, 0.717) is 68.7 Å². The third kappa shape index (κ3) is 20.5. The van der Waals surface area contributed by atoms with Crippen LogP contribution in [-0.4, -0.2) is 87.0 Å². The Morgan fingerprint density at radius 3 is 1.17 bits per heavy atom. The maximum absolute atomic E-state index is 14.4. The molecule has 1 saturated carbocycles. The van der Waals surface area contributed by atoms with Crippen molar-refractivity contribution in [2.24, 2.45) is 5.92 Å². The van der Waals surface area contributed by atoms with Crippen molar-refractivity contribution in [2.45, 2.75) is 162 Å². The number of methoxy groups -OCH3 is 3. The number of ether oxygens (including phenoxy) is 3. The van der Waals surface area contributed by atoms with Gasteiger partial charge in [0.2, 0.25) is 17.8 Å². The molecule has 29 heteroatoms. The Morgan fingerprint density at radius 2 is 0.802 bits per heavy atom. The molecule has 4 heterocycles. The van der Waals surface area contributed by atoms with Crippen molar-refractivity contribution in [3.8, 4) is 51.0 Å². The molecule has 0 aliphatic heterocycles. The van der Waals surface area contributed by atoms with Gasteiger partial charge in [-0.2, -0.15) is 0 Å². The first-order valence-corrected chi connectivity index (χ1v) is 39.5. The molecule has 1 aliphatic rings. The molecule has 0 spiro atoms. The van der Waals surface area contributed by atoms with Gasteiger partial charge in [0.15, 0.2) is 0 Å². The number of aromatic amines is 3. The summed E-state index contributed by atoms with van der Waals surface area (Å²) in [7, 11) is -8.44. The summed E-state index contributed by atoms with van der Waals surface area (Å²) < 4.78 is 146. The Kier molecular flexibility index (Phi) is 28.5. The zero-order valence-corrected chi connectivity index (χ0v) is 65.6. The third-order valence-corrected chi connectivity index (χ3v) is 23.2. The number of hydrogen-bond acceptors (Lipinski definition) is 16. The first-order valence-electron chi connectivity index (χ1n) is 34.6. The number of rotatable bonds is 24. The van der Waals surface area contributed by atoms with Crippen LogP contribution >= 0.6 is 11.6 Å². The fourth-order valence-electron chi connectivity index (χ4n) is 12.7. The summed E-state index contributed by atoms with van der Waals surface area (Å²) in [5.74, 6) is 0.553. The van der Waals surface area contributed by atoms with Crippen molar-refractivity contribution < 1.29 is 52.6 Å². The molecule has 0 atom stereocenters. The highest BCUT2D eigenvalue weighted by molar-refractivity contribution is 7.93. The largest absolute Gasteiger partial charge is 0.495 e. The molecule has 0 saturated heterocycles. The number of aryl methyl sites for hydroxylation is 5. The second-order valence-corrected chi connectivity index (χ2v) is 33.2. The summed E-state index contributed by atoms with van der Waals surface area (Å²) in [6.45, 7) is 21.4. The molecule has 12 rings (SSSR count). The van der Waals surface area contributed by atoms with Gasteiger partial charge < -0.3 is 45.1 Å². The summed E-state index contributed by atoms with van der Waals surface area (Å²) in [6, 6.07) is 40.7. The van der Waals surface area contributed by atoms with Crippen molar-refractivity contribution in [1.29, 1.82) is 0 Å². The Hall–Kier alpha value is -10.6. The molecule has 7 aromatic carbocycles. The maximum atomic E-state index is 14.4. The molecule has 11 aromatic rings. The molecule has 0 amide bonds. The number of para-hydroxylation sites is 3. The van der Waals surface area contributed by atoms with Crippen molar-refractivity contribution in [1.82, 2.24) is 34.9 Å². The van der Waals surface area contributed by atoms with E-state index >= 15 is 0 Å². The topological polar surface area (TPSA) is 301 Å². The van der Waals surface area contributed by atoms with Gasteiger partial charge in [-0.3, -0.25) is 19.2 Å². The first kappa shape index (κ1) is 87.7. The van der Waals surface area contributed by atoms with Gasteiger partial charge in [0.1, 0.15) is 55.1 Å². The smallest absolute Gasteiger partial charge is 0.265 e. The second kappa shape index (κ2) is 36.1. The minimum absolute atomic E-state index is 0. The number of hydrogen-bond donors (Lipinski definition) is 9. The van der Waals surface area contributed by atoms with Gasteiger partial charge >= 0.3 is 0 Å². The monoisotopic (exact) mass is 1600 g/mol. The third-order valence-electron chi connectivity index (χ3n) is 18.8. The number of imidazole rings is 3. The number of aromatic nitrogens is 7. The Bertz CT molecular complexity index is 5120. The van der Waals surface area contributed by atoms with Crippen LogP contribution in [0.25, 0.3) is 33.8 Å². The Labute approximate surface area is 656 Å². The molecule has 4 aromatic heterocycles. The van der Waals surface area contributed by atoms with E-state index in [1.165, 1.54) is 114 Å². The number of nitrogens with zero attached hydrogens (tertiary/aromatic N) is 4. The number of pyridine rings is 1. The van der Waals surface area contributed by atoms with Gasteiger partial charge in [0.05, 0.1) is 65.9 Å². The van der Waals surface area contributed by atoms with Crippen LogP contribution in [-0.2, 0) is 41.1 Å². The van der Waals surface area contributed by atoms with Crippen LogP contribution in [0.3, 0.4) is 0 Å². The standard InChI is InChI=1S/C27H35FN4O3S.C26H26ClFN4O3S.C26H28FN5O3S.3CH4/c1-17-10-9-13-21(28)24(17)32-36(33,34)23-16-19(14-15-22(23)35-5)25-18(2)29-26(30-25)31-27(3,4)20-11-7-6-8-12-20;1-16-23(30-25(29-16)31-26(2,3)18-9-6-5-7-10-18)17-13-14-21(35-4)22(15-17)36(33,34)32-24-19(27)11-8-12-20(24)28;1-16-8-6-10-20(27)23(16)32-36(33,34)22-14-18(11-12-21(22)35-5)24-17(2)29-25(30-24)31-26(3,4)19-9-7-13-28-15-19;;;/h9-10,13-16,20,32H,6-8,11-12H2,1-5H3,(H2,29,30,31);5-15,32H,1-4H3,(H2,29,30,31);6-15,32H,1-5H3,(H2,29,30,31);3*1H4. The number of H-pyrrole nitrogens is 3. The van der Waals surface area contributed by atoms with E-state index in [-0.39, 0.29) is 81.8 Å². The van der Waals surface area contributed by atoms with E-state index in [0.717, 1.165) is 34.3 Å². The predicted octanol–water partition coefficient (Wildman–Crippen LogP) is 20.0. The lowest BCUT2D eigenvalue weighted by Gasteiger charge is -2.37. The minimum atomic E-state index is -4.26. The van der Waals surface area contributed by atoms with Crippen LogP contribution in [0.15, 0.2) is 179 Å². The van der Waals surface area contributed by atoms with Crippen LogP contribution in [0.1, 0.15) is 135 Å². The van der Waals surface area contributed by atoms with E-state index in [1.54, 1.807) is 68.7 Å². The van der Waals surface area contributed by atoms with Gasteiger partial charge in [-0.25, -0.2) is 53.4 Å². The number of benzene rings is 7. The fourth-order valence-corrected chi connectivity index (χ4v) is 17.0. The molecule has 1 fully saturated rings. The second-order valence-electron chi connectivity index (χ2n) is 27.8. The summed E-state index contributed by atoms with van der Waals surface area (Å²) in [4.78, 5) is 27.7. The van der Waals surface area contributed by atoms with Crippen LogP contribution in [0.4, 0.5) is 48.1 Å². The molecular weight excluding hydrogens is 1500 g/mol. The number of sulfonamides is 3. The molecule has 0 unspecified atom stereocenters. The van der Waals surface area contributed by atoms with Crippen molar-refractivity contribution in [2.75, 3.05) is 51.4 Å². The number of anilines is 6. The summed E-state index contributed by atoms with van der Waals surface area (Å²) in [5.41, 5.74) is 7.22. The number of nitrogens with one attached hydrogen (secondary N) is 9. The molecular formula is C82H101ClF3N13O9S3. The van der Waals surface area contributed by atoms with E-state index in [2.05, 4.69) is 73.9 Å². The van der Waals surface area contributed by atoms with Gasteiger partial charge in [-0.05, 0) is 202 Å². The molecule has 9 N–H and O–H groups in total. The van der Waals surface area contributed by atoms with Gasteiger partial charge in [-0.1, -0.05) is 120 Å². The van der Waals surface area contributed by atoms with E-state index in [1.807, 2.05) is 90.9 Å². The molecule has 0 bridgehead atoms. The van der Waals surface area contributed by atoms with E-state index < -0.39 is 58.6 Å². The normalized spacial score (nSPS) is 12.6. The number of halogens is 4. The highest BCUT2D eigenvalue weighted by Crippen LogP contribution is 2.41. The van der Waals surface area contributed by atoms with Crippen LogP contribution in [0.2, 0.25) is 5.02 Å². The Morgan fingerprint density at radius 1 is 0.441 bits per heavy atom. The fraction of sp³-hybridized carbons (Fsp3) is 0.317. The van der Waals surface area contributed by atoms with Crippen LogP contribution < -0.4 is 44.3 Å². The summed E-state index contributed by atoms with van der Waals surface area (Å²) in [5, 5.41) is 10.3. The molecule has 1 aliphatic carbocycles. The summed E-state index contributed by atoms with van der Waals surface area (Å²) in [6.07, 6.45) is 9.69. The minimum Gasteiger partial charge on any atom is -0.495 e. The van der Waals surface area contributed by atoms with Crippen LogP contribution in [0, 0.1) is 58.0 Å². The van der Waals surface area contributed by atoms with Crippen LogP contribution in [0.5, 0.6) is 17.2 Å². The molecule has 594 valence electrons. The lowest BCUT2D eigenvalue weighted by Crippen LogP contribution is -2.41. The average Bonchev–Trinajstić information content (AvgIpc) is 1.77. The van der Waals surface area contributed by atoms with Crippen molar-refractivity contribution in [3.63, 3.8) is 0 Å². The molecule has 22 nitrogen and oxygen atoms in total. The predicted molar refractivity (Wildman–Crippen MR) is 440 cm³/mol. The Balaban J connectivity index is 0.000000228. The molecule has 0 radical (unpaired) electrons. The van der Waals surface area contributed by atoms with Gasteiger partial charge in [0, 0.05) is 51.7 Å².